The van der Waals surface area contributed by atoms with Gasteiger partial charge in [-0.2, -0.15) is 5.10 Å². The van der Waals surface area contributed by atoms with E-state index in [1.54, 1.807) is 0 Å². The van der Waals surface area contributed by atoms with Crippen molar-refractivity contribution in [2.45, 2.75) is 32.6 Å². The number of hydrogen-bond donors (Lipinski definition) is 1. The molecule has 0 saturated heterocycles. The van der Waals surface area contributed by atoms with Crippen LogP contribution in [-0.2, 0) is 0 Å². The average Bonchev–Trinajstić information content (AvgIpc) is 2.97. The molecule has 0 aliphatic carbocycles. The molecular formula is C16H21N3O2. The molecule has 0 aliphatic rings. The van der Waals surface area contributed by atoms with Crippen molar-refractivity contribution < 1.29 is 9.84 Å². The molecule has 5 nitrogen and oxygen atoms in total. The van der Waals surface area contributed by atoms with Gasteiger partial charge in [0.25, 0.3) is 0 Å². The highest BCUT2D eigenvalue weighted by Gasteiger charge is 2.47. The smallest absolute Gasteiger partial charge is 0.225 e. The molecule has 0 radical (unpaired) electrons. The number of benzene rings is 1. The van der Waals surface area contributed by atoms with Gasteiger partial charge in [0.05, 0.1) is 0 Å². The molecule has 0 amide bonds. The summed E-state index contributed by atoms with van der Waals surface area (Å²) < 4.78 is 7.48. The summed E-state index contributed by atoms with van der Waals surface area (Å²) in [5, 5.41) is 15.2. The van der Waals surface area contributed by atoms with E-state index in [2.05, 4.69) is 16.7 Å². The van der Waals surface area contributed by atoms with E-state index >= 15 is 0 Å². The van der Waals surface area contributed by atoms with Crippen LogP contribution in [0.1, 0.15) is 27.0 Å². The van der Waals surface area contributed by atoms with Crippen LogP contribution in [0.5, 0.6) is 5.75 Å². The van der Waals surface area contributed by atoms with Gasteiger partial charge < -0.3 is 9.84 Å². The predicted octanol–water partition coefficient (Wildman–Crippen LogP) is 2.82. The molecule has 2 rings (SSSR count). The Kier molecular flexibility index (Phi) is 4.14. The average molecular weight is 287 g/mol. The molecule has 21 heavy (non-hydrogen) atoms. The summed E-state index contributed by atoms with van der Waals surface area (Å²) in [6.45, 7) is 9.55. The van der Waals surface area contributed by atoms with E-state index in [0.29, 0.717) is 5.75 Å². The Morgan fingerprint density at radius 2 is 1.95 bits per heavy atom. The van der Waals surface area contributed by atoms with E-state index in [4.69, 9.17) is 4.74 Å². The van der Waals surface area contributed by atoms with E-state index in [1.807, 2.05) is 51.1 Å². The van der Waals surface area contributed by atoms with E-state index in [-0.39, 0.29) is 0 Å². The Morgan fingerprint density at radius 3 is 2.43 bits per heavy atom. The van der Waals surface area contributed by atoms with Crippen LogP contribution in [0.4, 0.5) is 0 Å². The molecule has 0 bridgehead atoms. The lowest BCUT2D eigenvalue weighted by Gasteiger charge is -2.42. The van der Waals surface area contributed by atoms with Crippen LogP contribution in [0, 0.1) is 5.41 Å². The minimum absolute atomic E-state index is 0.500. The Labute approximate surface area is 124 Å². The minimum atomic E-state index is -1.32. The maximum Gasteiger partial charge on any atom is 0.225 e. The van der Waals surface area contributed by atoms with E-state index < -0.39 is 17.2 Å². The number of aromatic nitrogens is 3. The number of rotatable bonds is 5. The zero-order chi connectivity index (χ0) is 15.5. The highest BCUT2D eigenvalue weighted by atomic mass is 16.5. The number of nitrogens with zero attached hydrogens (tertiary/aromatic N) is 3. The Hall–Kier alpha value is -2.14. The lowest BCUT2D eigenvalue weighted by atomic mass is 9.75. The third kappa shape index (κ3) is 2.97. The minimum Gasteiger partial charge on any atom is -0.465 e. The monoisotopic (exact) mass is 287 g/mol. The zero-order valence-corrected chi connectivity index (χ0v) is 12.6. The van der Waals surface area contributed by atoms with Gasteiger partial charge in [-0.25, -0.2) is 9.67 Å². The van der Waals surface area contributed by atoms with Crippen LogP contribution in [0.25, 0.3) is 0 Å². The Bertz CT molecular complexity index is 575. The summed E-state index contributed by atoms with van der Waals surface area (Å²) in [7, 11) is 0. The molecule has 2 atom stereocenters. The molecule has 0 spiro atoms. The summed E-state index contributed by atoms with van der Waals surface area (Å²) in [6.07, 6.45) is 3.67. The van der Waals surface area contributed by atoms with Crippen LogP contribution < -0.4 is 4.74 Å². The van der Waals surface area contributed by atoms with Crippen LogP contribution in [0.2, 0.25) is 0 Å². The SMILES string of the molecule is C=CC(O)(C(Oc1ccccc1)n1cncn1)C(C)(C)C. The van der Waals surface area contributed by atoms with Gasteiger partial charge in [0, 0.05) is 0 Å². The van der Waals surface area contributed by atoms with Crippen molar-refractivity contribution in [2.75, 3.05) is 0 Å². The highest BCUT2D eigenvalue weighted by Crippen LogP contribution is 2.40. The van der Waals surface area contributed by atoms with E-state index in [0.717, 1.165) is 0 Å². The van der Waals surface area contributed by atoms with Crippen LogP contribution in [0.3, 0.4) is 0 Å². The topological polar surface area (TPSA) is 60.2 Å². The fourth-order valence-electron chi connectivity index (χ4n) is 2.09. The van der Waals surface area contributed by atoms with Gasteiger partial charge in [0.15, 0.2) is 0 Å². The number of para-hydroxylation sites is 1. The van der Waals surface area contributed by atoms with Gasteiger partial charge in [-0.15, -0.1) is 6.58 Å². The van der Waals surface area contributed by atoms with E-state index in [1.165, 1.54) is 23.4 Å². The van der Waals surface area contributed by atoms with E-state index in [9.17, 15) is 5.11 Å². The van der Waals surface area contributed by atoms with Crippen molar-refractivity contribution in [3.05, 3.63) is 55.6 Å². The second kappa shape index (κ2) is 5.69. The van der Waals surface area contributed by atoms with Gasteiger partial charge in [0.2, 0.25) is 6.23 Å². The standard InChI is InChI=1S/C16H21N3O2/c1-5-16(20,15(2,3)4)14(19-12-17-11-18-19)21-13-9-7-6-8-10-13/h5-12,14,20H,1H2,2-4H3. The zero-order valence-electron chi connectivity index (χ0n) is 12.6. The maximum absolute atomic E-state index is 11.1. The first-order chi connectivity index (χ1) is 9.88. The number of hydrogen-bond acceptors (Lipinski definition) is 4. The van der Waals surface area contributed by atoms with Gasteiger partial charge in [-0.1, -0.05) is 45.0 Å². The van der Waals surface area contributed by atoms with Crippen molar-refractivity contribution in [1.82, 2.24) is 14.8 Å². The molecule has 2 unspecified atom stereocenters. The number of aliphatic hydroxyl groups is 1. The lowest BCUT2D eigenvalue weighted by Crippen LogP contribution is -2.50. The Balaban J connectivity index is 2.44. The normalized spacial score (nSPS) is 16.0. The summed E-state index contributed by atoms with van der Waals surface area (Å²) in [5.41, 5.74) is -1.82. The lowest BCUT2D eigenvalue weighted by molar-refractivity contribution is -0.132. The molecular weight excluding hydrogens is 266 g/mol. The van der Waals surface area contributed by atoms with Gasteiger partial charge in [0.1, 0.15) is 24.0 Å². The van der Waals surface area contributed by atoms with Crippen molar-refractivity contribution in [3.8, 4) is 5.75 Å². The predicted molar refractivity (Wildman–Crippen MR) is 80.7 cm³/mol. The molecule has 1 aromatic carbocycles. The molecule has 1 heterocycles. The largest absolute Gasteiger partial charge is 0.465 e. The second-order valence-electron chi connectivity index (χ2n) is 5.94. The fourth-order valence-corrected chi connectivity index (χ4v) is 2.09. The maximum atomic E-state index is 11.1. The second-order valence-corrected chi connectivity index (χ2v) is 5.94. The highest BCUT2D eigenvalue weighted by molar-refractivity contribution is 5.22. The summed E-state index contributed by atoms with van der Waals surface area (Å²) in [5.74, 6) is 0.641. The van der Waals surface area contributed by atoms with Crippen LogP contribution in [0.15, 0.2) is 55.6 Å². The van der Waals surface area contributed by atoms with Crippen LogP contribution in [-0.4, -0.2) is 25.5 Å². The molecule has 0 fully saturated rings. The van der Waals surface area contributed by atoms with Crippen molar-refractivity contribution >= 4 is 0 Å². The summed E-state index contributed by atoms with van der Waals surface area (Å²) in [6, 6.07) is 9.31. The Morgan fingerprint density at radius 1 is 1.29 bits per heavy atom. The van der Waals surface area contributed by atoms with Crippen molar-refractivity contribution in [2.24, 2.45) is 5.41 Å². The molecule has 112 valence electrons. The van der Waals surface area contributed by atoms with Crippen molar-refractivity contribution in [3.63, 3.8) is 0 Å². The van der Waals surface area contributed by atoms with Gasteiger partial charge in [-0.3, -0.25) is 0 Å². The molecule has 0 saturated carbocycles. The quantitative estimate of drug-likeness (QED) is 0.859. The first kappa shape index (κ1) is 15.3. The van der Waals surface area contributed by atoms with Crippen molar-refractivity contribution in [1.29, 1.82) is 0 Å². The fraction of sp³-hybridized carbons (Fsp3) is 0.375. The third-order valence-electron chi connectivity index (χ3n) is 3.56. The summed E-state index contributed by atoms with van der Waals surface area (Å²) >= 11 is 0. The molecule has 1 aromatic heterocycles. The van der Waals surface area contributed by atoms with Gasteiger partial charge >= 0.3 is 0 Å². The van der Waals surface area contributed by atoms with Crippen LogP contribution >= 0.6 is 0 Å². The molecule has 2 aromatic rings. The number of ether oxygens (including phenoxy) is 1. The molecule has 5 heteroatoms. The third-order valence-corrected chi connectivity index (χ3v) is 3.56. The molecule has 0 aliphatic heterocycles. The van der Waals surface area contributed by atoms with Gasteiger partial charge in [-0.05, 0) is 17.5 Å². The summed E-state index contributed by atoms with van der Waals surface area (Å²) in [4.78, 5) is 3.94. The molecule has 1 N–H and O–H groups in total. The first-order valence-corrected chi connectivity index (χ1v) is 6.80. The first-order valence-electron chi connectivity index (χ1n) is 6.80.